The van der Waals surface area contributed by atoms with Crippen molar-refractivity contribution >= 4 is 23.2 Å². The molecule has 1 aliphatic carbocycles. The molecule has 0 radical (unpaired) electrons. The summed E-state index contributed by atoms with van der Waals surface area (Å²) >= 11 is 6.27. The van der Waals surface area contributed by atoms with E-state index < -0.39 is 0 Å². The van der Waals surface area contributed by atoms with E-state index in [4.69, 9.17) is 11.6 Å². The maximum Gasteiger partial charge on any atom is 0.230 e. The number of fused-ring (bicyclic) bond motifs is 1. The predicted octanol–water partition coefficient (Wildman–Crippen LogP) is 4.42. The molecule has 22 heavy (non-hydrogen) atoms. The fraction of sp³-hybridized carbons (Fsp3) is 0.316. The van der Waals surface area contributed by atoms with Crippen molar-refractivity contribution in [2.24, 2.45) is 5.92 Å². The van der Waals surface area contributed by atoms with Gasteiger partial charge in [-0.3, -0.25) is 4.79 Å². The quantitative estimate of drug-likeness (QED) is 0.804. The average molecular weight is 312 g/mol. The monoisotopic (exact) mass is 311 g/mol. The van der Waals surface area contributed by atoms with E-state index >= 15 is 0 Å². The molecule has 0 spiro atoms. The molecule has 1 heterocycles. The van der Waals surface area contributed by atoms with Crippen LogP contribution in [-0.2, 0) is 11.2 Å². The van der Waals surface area contributed by atoms with Gasteiger partial charge >= 0.3 is 0 Å². The second kappa shape index (κ2) is 5.44. The normalized spacial score (nSPS) is 23.0. The lowest BCUT2D eigenvalue weighted by Gasteiger charge is -2.29. The summed E-state index contributed by atoms with van der Waals surface area (Å²) < 4.78 is 0. The first kappa shape index (κ1) is 13.8. The van der Waals surface area contributed by atoms with Crippen molar-refractivity contribution in [3.63, 3.8) is 0 Å². The molecule has 2 nitrogen and oxygen atoms in total. The molecule has 0 aromatic heterocycles. The third-order valence-corrected chi connectivity index (χ3v) is 5.13. The number of nitrogens with zero attached hydrogens (tertiary/aromatic N) is 1. The molecule has 0 saturated heterocycles. The maximum absolute atomic E-state index is 12.9. The number of rotatable bonds is 2. The van der Waals surface area contributed by atoms with Crippen LogP contribution in [0.1, 0.15) is 29.9 Å². The van der Waals surface area contributed by atoms with Crippen molar-refractivity contribution in [1.29, 1.82) is 0 Å². The van der Waals surface area contributed by atoms with Crippen LogP contribution in [0.5, 0.6) is 0 Å². The van der Waals surface area contributed by atoms with Crippen LogP contribution < -0.4 is 4.90 Å². The van der Waals surface area contributed by atoms with Gasteiger partial charge in [-0.15, -0.1) is 0 Å². The van der Waals surface area contributed by atoms with Gasteiger partial charge in [0.2, 0.25) is 5.91 Å². The Balaban J connectivity index is 1.57. The van der Waals surface area contributed by atoms with E-state index in [2.05, 4.69) is 18.2 Å². The Morgan fingerprint density at radius 3 is 2.73 bits per heavy atom. The van der Waals surface area contributed by atoms with Gasteiger partial charge in [-0.1, -0.05) is 48.0 Å². The Bertz CT molecular complexity index is 727. The number of carbonyl (C=O) groups is 1. The van der Waals surface area contributed by atoms with E-state index in [0.29, 0.717) is 0 Å². The van der Waals surface area contributed by atoms with Crippen molar-refractivity contribution in [1.82, 2.24) is 0 Å². The van der Waals surface area contributed by atoms with Crippen molar-refractivity contribution < 1.29 is 4.79 Å². The van der Waals surface area contributed by atoms with Crippen LogP contribution in [0.3, 0.4) is 0 Å². The molecule has 4 rings (SSSR count). The van der Waals surface area contributed by atoms with E-state index in [9.17, 15) is 4.79 Å². The third-order valence-electron chi connectivity index (χ3n) is 4.79. The zero-order valence-electron chi connectivity index (χ0n) is 12.3. The Labute approximate surface area is 135 Å². The molecular weight excluding hydrogens is 294 g/mol. The number of aryl methyl sites for hydroxylation is 1. The average Bonchev–Trinajstić information content (AvgIpc) is 3.34. The Morgan fingerprint density at radius 2 is 1.86 bits per heavy atom. The smallest absolute Gasteiger partial charge is 0.230 e. The predicted molar refractivity (Wildman–Crippen MR) is 89.4 cm³/mol. The molecule has 1 saturated carbocycles. The van der Waals surface area contributed by atoms with Gasteiger partial charge < -0.3 is 4.90 Å². The number of carbonyl (C=O) groups excluding carboxylic acids is 1. The first-order valence-corrected chi connectivity index (χ1v) is 8.27. The van der Waals surface area contributed by atoms with Crippen LogP contribution in [0.15, 0.2) is 48.5 Å². The number of hydrogen-bond donors (Lipinski definition) is 0. The summed E-state index contributed by atoms with van der Waals surface area (Å²) in [6, 6.07) is 16.2. The highest BCUT2D eigenvalue weighted by atomic mass is 35.5. The number of halogens is 1. The SMILES string of the molecule is O=C(C1CC1c1ccccc1Cl)N1CCCc2ccccc21. The minimum Gasteiger partial charge on any atom is -0.312 e. The molecule has 2 atom stereocenters. The number of benzene rings is 2. The molecule has 1 fully saturated rings. The van der Waals surface area contributed by atoms with Crippen LogP contribution in [-0.4, -0.2) is 12.5 Å². The lowest BCUT2D eigenvalue weighted by molar-refractivity contribution is -0.120. The summed E-state index contributed by atoms with van der Waals surface area (Å²) in [6.45, 7) is 0.835. The van der Waals surface area contributed by atoms with Crippen LogP contribution in [0.25, 0.3) is 0 Å². The molecule has 2 aromatic rings. The zero-order chi connectivity index (χ0) is 15.1. The van der Waals surface area contributed by atoms with Gasteiger partial charge in [0, 0.05) is 23.2 Å². The Kier molecular flexibility index (Phi) is 3.42. The van der Waals surface area contributed by atoms with Crippen molar-refractivity contribution in [2.75, 3.05) is 11.4 Å². The van der Waals surface area contributed by atoms with Crippen LogP contribution in [0.2, 0.25) is 5.02 Å². The molecule has 2 aliphatic rings. The maximum atomic E-state index is 12.9. The topological polar surface area (TPSA) is 20.3 Å². The largest absolute Gasteiger partial charge is 0.312 e. The fourth-order valence-corrected chi connectivity index (χ4v) is 3.83. The van der Waals surface area contributed by atoms with Gasteiger partial charge in [-0.05, 0) is 48.4 Å². The molecule has 0 N–H and O–H groups in total. The lowest BCUT2D eigenvalue weighted by Crippen LogP contribution is -2.36. The highest BCUT2D eigenvalue weighted by Crippen LogP contribution is 2.51. The summed E-state index contributed by atoms with van der Waals surface area (Å²) in [5.41, 5.74) is 3.51. The van der Waals surface area contributed by atoms with Crippen LogP contribution in [0.4, 0.5) is 5.69 Å². The van der Waals surface area contributed by atoms with E-state index in [0.717, 1.165) is 42.1 Å². The minimum absolute atomic E-state index is 0.0889. The molecule has 3 heteroatoms. The number of anilines is 1. The zero-order valence-corrected chi connectivity index (χ0v) is 13.1. The summed E-state index contributed by atoms with van der Waals surface area (Å²) in [5.74, 6) is 0.637. The van der Waals surface area contributed by atoms with Gasteiger partial charge in [0.1, 0.15) is 0 Å². The number of para-hydroxylation sites is 1. The third kappa shape index (κ3) is 2.32. The summed E-state index contributed by atoms with van der Waals surface area (Å²) in [6.07, 6.45) is 3.03. The van der Waals surface area contributed by atoms with Gasteiger partial charge in [-0.2, -0.15) is 0 Å². The highest BCUT2D eigenvalue weighted by molar-refractivity contribution is 6.31. The molecule has 1 amide bonds. The second-order valence-electron chi connectivity index (χ2n) is 6.19. The van der Waals surface area contributed by atoms with Gasteiger partial charge in [0.05, 0.1) is 0 Å². The number of amides is 1. The van der Waals surface area contributed by atoms with Crippen molar-refractivity contribution in [3.8, 4) is 0 Å². The minimum atomic E-state index is 0.0889. The Hall–Kier alpha value is -1.80. The van der Waals surface area contributed by atoms with Crippen molar-refractivity contribution in [3.05, 3.63) is 64.7 Å². The van der Waals surface area contributed by atoms with Crippen molar-refractivity contribution in [2.45, 2.75) is 25.2 Å². The molecule has 2 aromatic carbocycles. The molecular formula is C19H18ClNO. The van der Waals surface area contributed by atoms with E-state index in [1.807, 2.05) is 35.2 Å². The first-order valence-electron chi connectivity index (χ1n) is 7.89. The van der Waals surface area contributed by atoms with Gasteiger partial charge in [-0.25, -0.2) is 0 Å². The first-order chi connectivity index (χ1) is 10.8. The summed E-state index contributed by atoms with van der Waals surface area (Å²) in [7, 11) is 0. The second-order valence-corrected chi connectivity index (χ2v) is 6.60. The fourth-order valence-electron chi connectivity index (χ4n) is 3.55. The highest BCUT2D eigenvalue weighted by Gasteiger charge is 2.47. The summed E-state index contributed by atoms with van der Waals surface area (Å²) in [4.78, 5) is 14.9. The van der Waals surface area contributed by atoms with Crippen LogP contribution >= 0.6 is 11.6 Å². The van der Waals surface area contributed by atoms with E-state index in [1.54, 1.807) is 0 Å². The molecule has 1 aliphatic heterocycles. The van der Waals surface area contributed by atoms with Crippen LogP contribution in [0, 0.1) is 5.92 Å². The molecule has 0 bridgehead atoms. The standard InChI is InChI=1S/C19H18ClNO/c20-17-9-3-2-8-14(17)15-12-16(15)19(22)21-11-5-7-13-6-1-4-10-18(13)21/h1-4,6,8-10,15-16H,5,7,11-12H2. The molecule has 112 valence electrons. The van der Waals surface area contributed by atoms with Gasteiger partial charge in [0.25, 0.3) is 0 Å². The van der Waals surface area contributed by atoms with E-state index in [-0.39, 0.29) is 17.7 Å². The lowest BCUT2D eigenvalue weighted by atomic mass is 10.0. The van der Waals surface area contributed by atoms with Gasteiger partial charge in [0.15, 0.2) is 0 Å². The molecule has 2 unspecified atom stereocenters. The Morgan fingerprint density at radius 1 is 1.09 bits per heavy atom. The van der Waals surface area contributed by atoms with E-state index in [1.165, 1.54) is 5.56 Å². The summed E-state index contributed by atoms with van der Waals surface area (Å²) in [5, 5.41) is 0.779. The number of hydrogen-bond acceptors (Lipinski definition) is 1.